The summed E-state index contributed by atoms with van der Waals surface area (Å²) < 4.78 is 5.45. The van der Waals surface area contributed by atoms with Crippen molar-refractivity contribution in [2.24, 2.45) is 0 Å². The normalized spacial score (nSPS) is 18.3. The van der Waals surface area contributed by atoms with Gasteiger partial charge in [-0.1, -0.05) is 31.9 Å². The average molecular weight is 320 g/mol. The summed E-state index contributed by atoms with van der Waals surface area (Å²) in [7, 11) is 0. The van der Waals surface area contributed by atoms with Gasteiger partial charge >= 0.3 is 5.97 Å². The number of carbonyl (C=O) groups is 1. The zero-order valence-corrected chi connectivity index (χ0v) is 14.0. The highest BCUT2D eigenvalue weighted by atomic mass is 16.5. The molecule has 0 saturated heterocycles. The van der Waals surface area contributed by atoms with Gasteiger partial charge in [0.25, 0.3) is 0 Å². The Bertz CT molecular complexity index is 512. The number of carboxylic acid groups (broad SMARTS) is 1. The second-order valence-corrected chi connectivity index (χ2v) is 6.44. The molecule has 23 heavy (non-hydrogen) atoms. The molecule has 0 aliphatic heterocycles. The Morgan fingerprint density at radius 1 is 1.39 bits per heavy atom. The molecular formula is C19H28O4. The first-order valence-corrected chi connectivity index (χ1v) is 8.76. The quantitative estimate of drug-likeness (QED) is 0.677. The summed E-state index contributed by atoms with van der Waals surface area (Å²) in [5.74, 6) is 0.325. The van der Waals surface area contributed by atoms with Crippen LogP contribution in [0, 0.1) is 0 Å². The maximum atomic E-state index is 10.7. The molecule has 0 fully saturated rings. The number of ether oxygens (including phenoxy) is 1. The number of fused-ring (bicyclic) bond motifs is 1. The summed E-state index contributed by atoms with van der Waals surface area (Å²) in [5, 5.41) is 18.4. The Morgan fingerprint density at radius 3 is 2.96 bits per heavy atom. The van der Waals surface area contributed by atoms with Gasteiger partial charge in [0.2, 0.25) is 0 Å². The van der Waals surface area contributed by atoms with Gasteiger partial charge in [-0.15, -0.1) is 0 Å². The molecule has 1 aliphatic rings. The van der Waals surface area contributed by atoms with Gasteiger partial charge in [0, 0.05) is 0 Å². The van der Waals surface area contributed by atoms with Crippen LogP contribution in [0.5, 0.6) is 5.75 Å². The van der Waals surface area contributed by atoms with Gasteiger partial charge in [0.1, 0.15) is 5.75 Å². The van der Waals surface area contributed by atoms with Gasteiger partial charge in [-0.25, -0.2) is 4.79 Å². The van der Waals surface area contributed by atoms with E-state index < -0.39 is 5.97 Å². The van der Waals surface area contributed by atoms with E-state index in [0.29, 0.717) is 5.92 Å². The highest BCUT2D eigenvalue weighted by Crippen LogP contribution is 2.39. The Balaban J connectivity index is 1.96. The summed E-state index contributed by atoms with van der Waals surface area (Å²) in [6.45, 7) is 1.73. The van der Waals surface area contributed by atoms with Gasteiger partial charge in [-0.3, -0.25) is 0 Å². The first-order valence-electron chi connectivity index (χ1n) is 8.76. The third kappa shape index (κ3) is 5.24. The molecular weight excluding hydrogens is 292 g/mol. The van der Waals surface area contributed by atoms with E-state index in [-0.39, 0.29) is 12.7 Å². The number of aliphatic hydroxyl groups excluding tert-OH is 1. The van der Waals surface area contributed by atoms with Crippen molar-refractivity contribution in [3.63, 3.8) is 0 Å². The largest absolute Gasteiger partial charge is 0.482 e. The van der Waals surface area contributed by atoms with Crippen LogP contribution in [-0.4, -0.2) is 28.9 Å². The number of rotatable bonds is 9. The Hall–Kier alpha value is -1.55. The fraction of sp³-hybridized carbons (Fsp3) is 0.632. The molecule has 2 rings (SSSR count). The van der Waals surface area contributed by atoms with Crippen molar-refractivity contribution in [3.8, 4) is 5.75 Å². The van der Waals surface area contributed by atoms with Crippen LogP contribution in [0.2, 0.25) is 0 Å². The van der Waals surface area contributed by atoms with E-state index in [1.165, 1.54) is 17.5 Å². The Morgan fingerprint density at radius 2 is 2.22 bits per heavy atom. The molecule has 0 spiro atoms. The van der Waals surface area contributed by atoms with E-state index in [1.807, 2.05) is 19.1 Å². The predicted octanol–water partition coefficient (Wildman–Crippen LogP) is 3.90. The maximum Gasteiger partial charge on any atom is 0.341 e. The SMILES string of the molecule is CCC(O)CCCCC1CCCc2c(OCC(=O)O)cccc21. The second kappa shape index (κ2) is 8.92. The highest BCUT2D eigenvalue weighted by Gasteiger charge is 2.22. The van der Waals surface area contributed by atoms with Crippen LogP contribution in [0.1, 0.15) is 68.9 Å². The zero-order valence-electron chi connectivity index (χ0n) is 14.0. The minimum absolute atomic E-state index is 0.162. The number of aliphatic carboxylic acids is 1. The lowest BCUT2D eigenvalue weighted by Gasteiger charge is -2.27. The molecule has 2 unspecified atom stereocenters. The lowest BCUT2D eigenvalue weighted by atomic mass is 9.79. The van der Waals surface area contributed by atoms with Crippen molar-refractivity contribution in [2.75, 3.05) is 6.61 Å². The predicted molar refractivity (Wildman–Crippen MR) is 90.0 cm³/mol. The first kappa shape index (κ1) is 17.8. The van der Waals surface area contributed by atoms with Crippen molar-refractivity contribution in [2.45, 2.75) is 70.3 Å². The van der Waals surface area contributed by atoms with E-state index in [2.05, 4.69) is 6.07 Å². The molecule has 2 atom stereocenters. The first-order chi connectivity index (χ1) is 11.1. The summed E-state index contributed by atoms with van der Waals surface area (Å²) in [6.07, 6.45) is 8.16. The van der Waals surface area contributed by atoms with Crippen molar-refractivity contribution < 1.29 is 19.7 Å². The van der Waals surface area contributed by atoms with E-state index in [1.54, 1.807) is 0 Å². The average Bonchev–Trinajstić information content (AvgIpc) is 2.56. The molecule has 0 aromatic heterocycles. The molecule has 128 valence electrons. The van der Waals surface area contributed by atoms with E-state index >= 15 is 0 Å². The number of carboxylic acids is 1. The number of aliphatic hydroxyl groups is 1. The second-order valence-electron chi connectivity index (χ2n) is 6.44. The molecule has 1 aliphatic carbocycles. The smallest absolute Gasteiger partial charge is 0.341 e. The van der Waals surface area contributed by atoms with Crippen LogP contribution < -0.4 is 4.74 Å². The lowest BCUT2D eigenvalue weighted by Crippen LogP contribution is -2.15. The van der Waals surface area contributed by atoms with E-state index in [9.17, 15) is 9.90 Å². The van der Waals surface area contributed by atoms with Crippen LogP contribution in [0.4, 0.5) is 0 Å². The third-order valence-electron chi connectivity index (χ3n) is 4.75. The standard InChI is InChI=1S/C19H28O4/c1-2-15(20)9-4-3-7-14-8-5-11-17-16(14)10-6-12-18(17)23-13-19(21)22/h6,10,12,14-15,20H,2-5,7-9,11,13H2,1H3,(H,21,22). The molecule has 4 nitrogen and oxygen atoms in total. The molecule has 0 heterocycles. The van der Waals surface area contributed by atoms with E-state index in [4.69, 9.17) is 9.84 Å². The van der Waals surface area contributed by atoms with Gasteiger partial charge in [0.05, 0.1) is 6.10 Å². The molecule has 1 aromatic carbocycles. The van der Waals surface area contributed by atoms with Crippen molar-refractivity contribution in [1.82, 2.24) is 0 Å². The minimum atomic E-state index is -0.940. The molecule has 2 N–H and O–H groups in total. The number of unbranched alkanes of at least 4 members (excludes halogenated alkanes) is 1. The van der Waals surface area contributed by atoms with Gasteiger partial charge < -0.3 is 14.9 Å². The monoisotopic (exact) mass is 320 g/mol. The molecule has 0 radical (unpaired) electrons. The Labute approximate surface area is 138 Å². The topological polar surface area (TPSA) is 66.8 Å². The van der Waals surface area contributed by atoms with Gasteiger partial charge in [0.15, 0.2) is 6.61 Å². The van der Waals surface area contributed by atoms with Gasteiger partial charge in [-0.2, -0.15) is 0 Å². The molecule has 0 saturated carbocycles. The number of hydrogen-bond acceptors (Lipinski definition) is 3. The number of hydrogen-bond donors (Lipinski definition) is 2. The summed E-state index contributed by atoms with van der Waals surface area (Å²) >= 11 is 0. The molecule has 0 amide bonds. The van der Waals surface area contributed by atoms with Crippen LogP contribution >= 0.6 is 0 Å². The van der Waals surface area contributed by atoms with E-state index in [0.717, 1.165) is 50.7 Å². The van der Waals surface area contributed by atoms with Crippen LogP contribution in [0.15, 0.2) is 18.2 Å². The Kier molecular flexibility index (Phi) is 6.90. The molecule has 0 bridgehead atoms. The van der Waals surface area contributed by atoms with Gasteiger partial charge in [-0.05, 0) is 61.6 Å². The van der Waals surface area contributed by atoms with Crippen molar-refractivity contribution in [1.29, 1.82) is 0 Å². The molecule has 4 heteroatoms. The van der Waals surface area contributed by atoms with Crippen LogP contribution in [0.25, 0.3) is 0 Å². The fourth-order valence-corrected chi connectivity index (χ4v) is 3.46. The van der Waals surface area contributed by atoms with Crippen molar-refractivity contribution >= 4 is 5.97 Å². The third-order valence-corrected chi connectivity index (χ3v) is 4.75. The summed E-state index contributed by atoms with van der Waals surface area (Å²) in [6, 6.07) is 6.00. The minimum Gasteiger partial charge on any atom is -0.482 e. The van der Waals surface area contributed by atoms with Crippen LogP contribution in [-0.2, 0) is 11.2 Å². The van der Waals surface area contributed by atoms with Crippen LogP contribution in [0.3, 0.4) is 0 Å². The summed E-state index contributed by atoms with van der Waals surface area (Å²) in [4.78, 5) is 10.7. The molecule has 1 aromatic rings. The lowest BCUT2D eigenvalue weighted by molar-refractivity contribution is -0.139. The zero-order chi connectivity index (χ0) is 16.7. The highest BCUT2D eigenvalue weighted by molar-refractivity contribution is 5.68. The fourth-order valence-electron chi connectivity index (χ4n) is 3.46. The van der Waals surface area contributed by atoms with Crippen molar-refractivity contribution in [3.05, 3.63) is 29.3 Å². The number of benzene rings is 1. The maximum absolute atomic E-state index is 10.7. The summed E-state index contributed by atoms with van der Waals surface area (Å²) in [5.41, 5.74) is 2.52.